The minimum atomic E-state index is -0.130. The summed E-state index contributed by atoms with van der Waals surface area (Å²) in [5.74, 6) is 0.190. The molecule has 0 aliphatic heterocycles. The van der Waals surface area contributed by atoms with Gasteiger partial charge in [0, 0.05) is 30.1 Å². The summed E-state index contributed by atoms with van der Waals surface area (Å²) < 4.78 is 8.80. The topological polar surface area (TPSA) is 83.3 Å². The van der Waals surface area contributed by atoms with Gasteiger partial charge in [0.25, 0.3) is 0 Å². The molecule has 21 heavy (non-hydrogen) atoms. The van der Waals surface area contributed by atoms with Gasteiger partial charge in [0.1, 0.15) is 6.23 Å². The van der Waals surface area contributed by atoms with E-state index < -0.39 is 0 Å². The minimum absolute atomic E-state index is 0.130. The van der Waals surface area contributed by atoms with Gasteiger partial charge < -0.3 is 10.5 Å². The summed E-state index contributed by atoms with van der Waals surface area (Å²) in [6.07, 6.45) is 5.27. The molecule has 1 atom stereocenters. The van der Waals surface area contributed by atoms with Crippen molar-refractivity contribution in [3.63, 3.8) is 0 Å². The first-order valence-electron chi connectivity index (χ1n) is 6.56. The molecule has 3 aromatic heterocycles. The van der Waals surface area contributed by atoms with E-state index in [4.69, 9.17) is 22.1 Å². The first-order valence-corrected chi connectivity index (χ1v) is 6.94. The third-order valence-electron chi connectivity index (χ3n) is 3.16. The zero-order chi connectivity index (χ0) is 15.0. The van der Waals surface area contributed by atoms with Crippen molar-refractivity contribution in [3.05, 3.63) is 29.7 Å². The molecule has 0 saturated carbocycles. The molecular formula is C13H15ClN6O. The summed E-state index contributed by atoms with van der Waals surface area (Å²) in [6, 6.07) is 1.86. The summed E-state index contributed by atoms with van der Waals surface area (Å²) in [7, 11) is 0. The van der Waals surface area contributed by atoms with Crippen molar-refractivity contribution in [1.82, 2.24) is 24.4 Å². The molecule has 0 bridgehead atoms. The highest BCUT2D eigenvalue weighted by molar-refractivity contribution is 6.36. The number of halogens is 1. The largest absolute Gasteiger partial charge is 0.366 e. The van der Waals surface area contributed by atoms with Gasteiger partial charge in [-0.2, -0.15) is 10.1 Å². The van der Waals surface area contributed by atoms with Crippen LogP contribution in [0.1, 0.15) is 20.1 Å². The van der Waals surface area contributed by atoms with Gasteiger partial charge in [-0.1, -0.05) is 11.6 Å². The number of hydrogen-bond acceptors (Lipinski definition) is 5. The van der Waals surface area contributed by atoms with Crippen LogP contribution in [0.15, 0.2) is 24.7 Å². The van der Waals surface area contributed by atoms with E-state index in [2.05, 4.69) is 15.2 Å². The van der Waals surface area contributed by atoms with E-state index >= 15 is 0 Å². The average molecular weight is 307 g/mol. The van der Waals surface area contributed by atoms with Crippen LogP contribution in [0.2, 0.25) is 5.02 Å². The van der Waals surface area contributed by atoms with Gasteiger partial charge in [0.15, 0.2) is 5.65 Å². The molecule has 0 aliphatic rings. The fourth-order valence-corrected chi connectivity index (χ4v) is 2.45. The molecule has 0 spiro atoms. The predicted octanol–water partition coefficient (Wildman–Crippen LogP) is 2.38. The van der Waals surface area contributed by atoms with Crippen LogP contribution in [0.25, 0.3) is 16.8 Å². The fraction of sp³-hybridized carbons (Fsp3) is 0.308. The average Bonchev–Trinajstić information content (AvgIpc) is 3.06. The number of ether oxygens (including phenoxy) is 1. The first kappa shape index (κ1) is 13.8. The molecule has 0 aromatic carbocycles. The number of pyridine rings is 1. The second-order valence-electron chi connectivity index (χ2n) is 4.55. The molecule has 0 amide bonds. The molecule has 3 heterocycles. The van der Waals surface area contributed by atoms with Gasteiger partial charge in [-0.25, -0.2) is 9.20 Å². The zero-order valence-corrected chi connectivity index (χ0v) is 12.4. The Labute approximate surface area is 126 Å². The molecule has 7 nitrogen and oxygen atoms in total. The van der Waals surface area contributed by atoms with E-state index in [1.54, 1.807) is 21.6 Å². The Morgan fingerprint density at radius 1 is 1.48 bits per heavy atom. The lowest BCUT2D eigenvalue weighted by atomic mass is 10.1. The maximum Gasteiger partial charge on any atom is 0.240 e. The van der Waals surface area contributed by atoms with Crippen LogP contribution < -0.4 is 5.73 Å². The highest BCUT2D eigenvalue weighted by atomic mass is 35.5. The van der Waals surface area contributed by atoms with E-state index in [0.717, 1.165) is 11.1 Å². The number of nitrogen functional groups attached to an aromatic ring is 1. The van der Waals surface area contributed by atoms with Crippen molar-refractivity contribution in [2.24, 2.45) is 0 Å². The lowest BCUT2D eigenvalue weighted by Gasteiger charge is -2.11. The quantitative estimate of drug-likeness (QED) is 0.800. The van der Waals surface area contributed by atoms with Crippen LogP contribution in [0.4, 0.5) is 5.95 Å². The van der Waals surface area contributed by atoms with Crippen molar-refractivity contribution in [1.29, 1.82) is 0 Å². The Morgan fingerprint density at radius 2 is 2.29 bits per heavy atom. The second kappa shape index (κ2) is 5.34. The third-order valence-corrected chi connectivity index (χ3v) is 3.53. The van der Waals surface area contributed by atoms with E-state index in [1.807, 2.05) is 26.1 Å². The number of anilines is 1. The summed E-state index contributed by atoms with van der Waals surface area (Å²) in [4.78, 5) is 4.12. The number of fused-ring (bicyclic) bond motifs is 1. The third kappa shape index (κ3) is 2.45. The molecule has 2 N–H and O–H groups in total. The Kier molecular flexibility index (Phi) is 3.52. The first-order chi connectivity index (χ1) is 10.1. The maximum atomic E-state index is 6.39. The summed E-state index contributed by atoms with van der Waals surface area (Å²) in [5, 5.41) is 8.82. The van der Waals surface area contributed by atoms with E-state index in [1.165, 1.54) is 0 Å². The Balaban J connectivity index is 2.02. The van der Waals surface area contributed by atoms with Crippen LogP contribution in [0, 0.1) is 0 Å². The molecular weight excluding hydrogens is 292 g/mol. The van der Waals surface area contributed by atoms with Crippen LogP contribution >= 0.6 is 11.6 Å². The lowest BCUT2D eigenvalue weighted by molar-refractivity contribution is 0.0160. The fourth-order valence-electron chi connectivity index (χ4n) is 2.15. The van der Waals surface area contributed by atoms with Crippen LogP contribution in [0.3, 0.4) is 0 Å². The predicted molar refractivity (Wildman–Crippen MR) is 80.0 cm³/mol. The minimum Gasteiger partial charge on any atom is -0.366 e. The van der Waals surface area contributed by atoms with Gasteiger partial charge in [-0.3, -0.25) is 0 Å². The number of rotatable bonds is 4. The molecule has 3 aromatic rings. The Hall–Kier alpha value is -2.12. The van der Waals surface area contributed by atoms with Crippen LogP contribution in [0.5, 0.6) is 0 Å². The summed E-state index contributed by atoms with van der Waals surface area (Å²) in [6.45, 7) is 4.51. The maximum absolute atomic E-state index is 6.39. The normalized spacial score (nSPS) is 12.9. The van der Waals surface area contributed by atoms with Crippen molar-refractivity contribution in [2.45, 2.75) is 20.1 Å². The SMILES string of the molecule is CCOC(C)n1cc(-c2ccn3nc(N)nc3c2Cl)cn1. The molecule has 0 aliphatic carbocycles. The van der Waals surface area contributed by atoms with Crippen molar-refractivity contribution < 1.29 is 4.74 Å². The molecule has 0 saturated heterocycles. The molecule has 3 rings (SSSR count). The Morgan fingerprint density at radius 3 is 3.05 bits per heavy atom. The molecule has 1 unspecified atom stereocenters. The molecule has 8 heteroatoms. The number of hydrogen-bond donors (Lipinski definition) is 1. The molecule has 0 radical (unpaired) electrons. The second-order valence-corrected chi connectivity index (χ2v) is 4.92. The zero-order valence-electron chi connectivity index (χ0n) is 11.7. The molecule has 0 fully saturated rings. The monoisotopic (exact) mass is 306 g/mol. The van der Waals surface area contributed by atoms with Gasteiger partial charge >= 0.3 is 0 Å². The van der Waals surface area contributed by atoms with Crippen molar-refractivity contribution >= 4 is 23.2 Å². The van der Waals surface area contributed by atoms with Gasteiger partial charge in [0.05, 0.1) is 11.2 Å². The lowest BCUT2D eigenvalue weighted by Crippen LogP contribution is -2.09. The van der Waals surface area contributed by atoms with E-state index in [0.29, 0.717) is 17.3 Å². The van der Waals surface area contributed by atoms with Crippen LogP contribution in [-0.4, -0.2) is 31.0 Å². The highest BCUT2D eigenvalue weighted by Crippen LogP contribution is 2.30. The van der Waals surface area contributed by atoms with Crippen LogP contribution in [-0.2, 0) is 4.74 Å². The number of aromatic nitrogens is 5. The van der Waals surface area contributed by atoms with Gasteiger partial charge in [-0.05, 0) is 19.9 Å². The number of nitrogens with two attached hydrogens (primary N) is 1. The highest BCUT2D eigenvalue weighted by Gasteiger charge is 2.14. The summed E-state index contributed by atoms with van der Waals surface area (Å²) in [5.41, 5.74) is 7.83. The molecule has 110 valence electrons. The van der Waals surface area contributed by atoms with E-state index in [9.17, 15) is 0 Å². The van der Waals surface area contributed by atoms with E-state index in [-0.39, 0.29) is 12.2 Å². The smallest absolute Gasteiger partial charge is 0.240 e. The standard InChI is InChI=1S/C13H15ClN6O/c1-3-21-8(2)20-7-9(6-16-20)10-4-5-19-12(11(10)14)17-13(15)18-19/h4-8H,3H2,1-2H3,(H2,15,18). The van der Waals surface area contributed by atoms with Crippen molar-refractivity contribution in [2.75, 3.05) is 12.3 Å². The Bertz CT molecular complexity index is 780. The number of nitrogens with zero attached hydrogens (tertiary/aromatic N) is 5. The van der Waals surface area contributed by atoms with Gasteiger partial charge in [-0.15, -0.1) is 5.10 Å². The van der Waals surface area contributed by atoms with Crippen molar-refractivity contribution in [3.8, 4) is 11.1 Å². The summed E-state index contributed by atoms with van der Waals surface area (Å²) >= 11 is 6.39. The van der Waals surface area contributed by atoms with Gasteiger partial charge in [0.2, 0.25) is 5.95 Å².